The number of amides is 4. The van der Waals surface area contributed by atoms with Gasteiger partial charge in [-0.05, 0) is 98.3 Å². The molecule has 56 heavy (non-hydrogen) atoms. The number of methoxy groups -OCH3 is 2. The second-order valence-electron chi connectivity index (χ2n) is 16.7. The van der Waals surface area contributed by atoms with Gasteiger partial charge in [0.15, 0.2) is 0 Å². The van der Waals surface area contributed by atoms with E-state index in [2.05, 4.69) is 69.1 Å². The zero-order valence-electron chi connectivity index (χ0n) is 31.5. The summed E-state index contributed by atoms with van der Waals surface area (Å²) < 4.78 is 9.63. The summed E-state index contributed by atoms with van der Waals surface area (Å²) >= 11 is 0. The van der Waals surface area contributed by atoms with Gasteiger partial charge in [-0.1, -0.05) is 48.5 Å². The molecule has 2 aliphatic heterocycles. The number of hydrogen-bond acceptors (Lipinski definition) is 8. The van der Waals surface area contributed by atoms with E-state index in [1.54, 1.807) is 0 Å². The van der Waals surface area contributed by atoms with Gasteiger partial charge in [-0.25, -0.2) is 19.6 Å². The van der Waals surface area contributed by atoms with Gasteiger partial charge in [-0.3, -0.25) is 9.59 Å². The number of carbonyl (C=O) groups is 4. The number of piperidine rings is 2. The number of ether oxygens (including phenoxy) is 2. The maximum atomic E-state index is 13.9. The van der Waals surface area contributed by atoms with E-state index in [9.17, 15) is 19.2 Å². The molecule has 4 bridgehead atoms. The average molecular weight is 759 g/mol. The van der Waals surface area contributed by atoms with Gasteiger partial charge in [-0.15, -0.1) is 0 Å². The fourth-order valence-electron chi connectivity index (χ4n) is 10.2. The van der Waals surface area contributed by atoms with Gasteiger partial charge in [0.2, 0.25) is 11.8 Å². The first-order valence-electron chi connectivity index (χ1n) is 19.9. The molecular weight excluding hydrogens is 713 g/mol. The van der Waals surface area contributed by atoms with Crippen LogP contribution in [0.3, 0.4) is 0 Å². The molecule has 4 saturated carbocycles. The minimum Gasteiger partial charge on any atom is -0.453 e. The van der Waals surface area contributed by atoms with Crippen LogP contribution in [0.25, 0.3) is 33.6 Å². The van der Waals surface area contributed by atoms with Crippen molar-refractivity contribution in [1.29, 1.82) is 0 Å². The third kappa shape index (κ3) is 5.66. The topological polar surface area (TPSA) is 175 Å². The lowest BCUT2D eigenvalue weighted by molar-refractivity contribution is -0.140. The lowest BCUT2D eigenvalue weighted by Crippen LogP contribution is -2.53. The van der Waals surface area contributed by atoms with Gasteiger partial charge in [0, 0.05) is 12.1 Å². The van der Waals surface area contributed by atoms with E-state index in [0.29, 0.717) is 37.5 Å². The summed E-state index contributed by atoms with van der Waals surface area (Å²) in [5, 5.41) is 5.61. The second-order valence-corrected chi connectivity index (χ2v) is 16.7. The Balaban J connectivity index is 0.823. The number of imidazole rings is 2. The zero-order valence-corrected chi connectivity index (χ0v) is 31.5. The Morgan fingerprint density at radius 3 is 1.34 bits per heavy atom. The van der Waals surface area contributed by atoms with E-state index in [4.69, 9.17) is 19.4 Å². The molecule has 10 rings (SSSR count). The number of nitrogens with one attached hydrogen (secondary N) is 4. The molecule has 2 aromatic carbocycles. The largest absolute Gasteiger partial charge is 0.453 e. The van der Waals surface area contributed by atoms with Crippen LogP contribution in [-0.4, -0.2) is 91.1 Å². The number of aromatic nitrogens is 4. The number of H-pyrrole nitrogens is 2. The fraction of sp³-hybridized carbons (Fsp3) is 0.476. The quantitative estimate of drug-likeness (QED) is 0.160. The van der Waals surface area contributed by atoms with Gasteiger partial charge in [-0.2, -0.15) is 0 Å². The van der Waals surface area contributed by atoms with Crippen molar-refractivity contribution in [3.8, 4) is 33.6 Å². The van der Waals surface area contributed by atoms with E-state index >= 15 is 0 Å². The molecule has 4 heterocycles. The molecule has 14 nitrogen and oxygen atoms in total. The number of rotatable bonds is 9. The van der Waals surface area contributed by atoms with E-state index in [0.717, 1.165) is 83.8 Å². The summed E-state index contributed by atoms with van der Waals surface area (Å²) in [5.41, 5.74) is 4.21. The van der Waals surface area contributed by atoms with Crippen LogP contribution in [-0.2, 0) is 19.1 Å². The number of aromatic amines is 2. The molecule has 14 heteroatoms. The summed E-state index contributed by atoms with van der Waals surface area (Å²) in [6.45, 7) is 0. The van der Waals surface area contributed by atoms with Gasteiger partial charge >= 0.3 is 12.2 Å². The summed E-state index contributed by atoms with van der Waals surface area (Å²) in [5.74, 6) is 2.20. The van der Waals surface area contributed by atoms with Gasteiger partial charge < -0.3 is 39.9 Å². The molecule has 6 aliphatic rings. The standard InChI is InChI=1S/C42H46N8O6/c1-55-39(53)47-41(15-16-41)37(51)49-29-13-11-27(19-29)33(49)35-43-21-31(45-35)25-7-3-23(4-8-25)24-5-9-26(10-6-24)32-22-44-36(46-32)34-28-12-14-30(20-28)50(34)38(52)42(17-18-42)48-40(54)56-2/h3-10,21-22,27-30,33-34H,11-20H2,1-2H3,(H,43,45)(H,44,46)(H,47,53)(H,48,54)/t27-,28-,29-,30-,33+,34+/m1/s1. The maximum absolute atomic E-state index is 13.9. The molecular formula is C42H46N8O6. The lowest BCUT2D eigenvalue weighted by atomic mass is 9.97. The number of nitrogens with zero attached hydrogens (tertiary/aromatic N) is 4. The molecule has 0 spiro atoms. The molecule has 2 aromatic heterocycles. The van der Waals surface area contributed by atoms with Crippen LogP contribution >= 0.6 is 0 Å². The molecule has 4 aliphatic carbocycles. The van der Waals surface area contributed by atoms with E-state index < -0.39 is 23.3 Å². The highest BCUT2D eigenvalue weighted by atomic mass is 16.5. The number of alkyl carbamates (subject to hydrolysis) is 2. The molecule has 0 unspecified atom stereocenters. The lowest BCUT2D eigenvalue weighted by Gasteiger charge is -2.36. The molecule has 290 valence electrons. The molecule has 4 aromatic rings. The number of hydrogen-bond donors (Lipinski definition) is 4. The summed E-state index contributed by atoms with van der Waals surface area (Å²) in [4.78, 5) is 72.5. The van der Waals surface area contributed by atoms with Gasteiger partial charge in [0.25, 0.3) is 0 Å². The third-order valence-electron chi connectivity index (χ3n) is 13.5. The van der Waals surface area contributed by atoms with Crippen LogP contribution in [0.5, 0.6) is 0 Å². The Bertz CT molecular complexity index is 2050. The predicted octanol–water partition coefficient (Wildman–Crippen LogP) is 6.02. The zero-order chi connectivity index (χ0) is 38.3. The molecule has 2 saturated heterocycles. The summed E-state index contributed by atoms with van der Waals surface area (Å²) in [6, 6.07) is 16.8. The maximum Gasteiger partial charge on any atom is 0.407 e. The van der Waals surface area contributed by atoms with Crippen LogP contribution in [0.4, 0.5) is 9.59 Å². The van der Waals surface area contributed by atoms with Crippen LogP contribution in [0.15, 0.2) is 60.9 Å². The van der Waals surface area contributed by atoms with Gasteiger partial charge in [0.1, 0.15) is 22.7 Å². The minimum atomic E-state index is -0.870. The number of benzene rings is 2. The Morgan fingerprint density at radius 2 is 0.982 bits per heavy atom. The SMILES string of the molecule is COC(=O)NC1(C(=O)N2[C@@H]3CC[C@H](C3)[C@H]2c2ncc(-c3ccc(-c4ccc(-c5cnc([C@@H]6[C@@H]7CC[C@H](C7)N6C(=O)C6(NC(=O)OC)CC6)[nH]5)cc4)cc3)[nH]2)CC1. The molecule has 4 amide bonds. The Morgan fingerprint density at radius 1 is 0.607 bits per heavy atom. The molecule has 6 atom stereocenters. The van der Waals surface area contributed by atoms with Crippen molar-refractivity contribution in [2.45, 2.75) is 99.5 Å². The van der Waals surface area contributed by atoms with Crippen molar-refractivity contribution in [1.82, 2.24) is 40.4 Å². The van der Waals surface area contributed by atoms with Gasteiger partial charge in [0.05, 0.1) is 50.1 Å². The van der Waals surface area contributed by atoms with Crippen LogP contribution < -0.4 is 10.6 Å². The Labute approximate surface area is 324 Å². The minimum absolute atomic E-state index is 0.0293. The summed E-state index contributed by atoms with van der Waals surface area (Å²) in [7, 11) is 2.64. The normalized spacial score (nSPS) is 27.2. The first-order valence-corrected chi connectivity index (χ1v) is 19.9. The number of fused-ring (bicyclic) bond motifs is 4. The average Bonchev–Trinajstić information content (AvgIpc) is 3.69. The first-order chi connectivity index (χ1) is 27.2. The molecule has 6 fully saturated rings. The highest BCUT2D eigenvalue weighted by Gasteiger charge is 2.61. The Hall–Kier alpha value is -5.66. The Kier molecular flexibility index (Phi) is 8.05. The van der Waals surface area contributed by atoms with E-state index in [-0.39, 0.29) is 36.0 Å². The second kappa shape index (κ2) is 13.0. The monoisotopic (exact) mass is 758 g/mol. The fourth-order valence-corrected chi connectivity index (χ4v) is 10.2. The molecule has 0 radical (unpaired) electrons. The highest BCUT2D eigenvalue weighted by molar-refractivity contribution is 5.94. The van der Waals surface area contributed by atoms with E-state index in [1.165, 1.54) is 14.2 Å². The van der Waals surface area contributed by atoms with Crippen molar-refractivity contribution in [3.05, 3.63) is 72.6 Å². The summed E-state index contributed by atoms with van der Waals surface area (Å²) in [6.07, 6.45) is 11.0. The van der Waals surface area contributed by atoms with Crippen molar-refractivity contribution >= 4 is 24.0 Å². The smallest absolute Gasteiger partial charge is 0.407 e. The number of carbonyl (C=O) groups excluding carboxylic acids is 4. The van der Waals surface area contributed by atoms with Crippen molar-refractivity contribution in [3.63, 3.8) is 0 Å². The van der Waals surface area contributed by atoms with Crippen molar-refractivity contribution in [2.75, 3.05) is 14.2 Å². The molecule has 4 N–H and O–H groups in total. The van der Waals surface area contributed by atoms with Crippen LogP contribution in [0.1, 0.15) is 87.9 Å². The highest BCUT2D eigenvalue weighted by Crippen LogP contribution is 2.54. The third-order valence-corrected chi connectivity index (χ3v) is 13.5. The van der Waals surface area contributed by atoms with Crippen LogP contribution in [0, 0.1) is 11.8 Å². The number of likely N-dealkylation sites (tertiary alicyclic amines) is 2. The first kappa shape index (κ1) is 34.8. The predicted molar refractivity (Wildman–Crippen MR) is 203 cm³/mol. The van der Waals surface area contributed by atoms with E-state index in [1.807, 2.05) is 22.2 Å². The van der Waals surface area contributed by atoms with Crippen molar-refractivity contribution < 1.29 is 28.7 Å². The van der Waals surface area contributed by atoms with Crippen molar-refractivity contribution in [2.24, 2.45) is 11.8 Å². The van der Waals surface area contributed by atoms with Crippen LogP contribution in [0.2, 0.25) is 0 Å².